The Morgan fingerprint density at radius 2 is 1.77 bits per heavy atom. The highest BCUT2D eigenvalue weighted by Gasteiger charge is 1.88. The summed E-state index contributed by atoms with van der Waals surface area (Å²) in [5.41, 5.74) is 1.26. The van der Waals surface area contributed by atoms with Crippen LogP contribution < -0.4 is 0 Å². The molecule has 0 aliphatic rings. The van der Waals surface area contributed by atoms with Gasteiger partial charge in [0.05, 0.1) is 0 Å². The molecule has 0 nitrogen and oxygen atoms in total. The minimum absolute atomic E-state index is 0.519. The Bertz CT molecular complexity index is 280. The first kappa shape index (κ1) is 9.79. The number of hydrogen-bond donors (Lipinski definition) is 0. The summed E-state index contributed by atoms with van der Waals surface area (Å²) >= 11 is 0. The van der Waals surface area contributed by atoms with Crippen LogP contribution in [-0.4, -0.2) is 0 Å². The van der Waals surface area contributed by atoms with Crippen LogP contribution in [0.3, 0.4) is 0 Å². The number of hydrogen-bond acceptors (Lipinski definition) is 0. The van der Waals surface area contributed by atoms with Gasteiger partial charge in [-0.15, -0.1) is 0 Å². The quantitative estimate of drug-likeness (QED) is 0.606. The second-order valence-electron chi connectivity index (χ2n) is 3.15. The summed E-state index contributed by atoms with van der Waals surface area (Å²) in [4.78, 5) is 0. The highest BCUT2D eigenvalue weighted by molar-refractivity contribution is 5.49. The molecule has 0 radical (unpaired) electrons. The minimum atomic E-state index is 0.519. The topological polar surface area (TPSA) is 0 Å². The summed E-state index contributed by atoms with van der Waals surface area (Å²) in [6, 6.07) is 10.4. The van der Waals surface area contributed by atoms with Crippen molar-refractivity contribution in [1.29, 1.82) is 0 Å². The molecule has 0 N–H and O–H groups in total. The minimum Gasteiger partial charge on any atom is -0.0911 e. The van der Waals surface area contributed by atoms with Crippen molar-refractivity contribution < 1.29 is 0 Å². The van der Waals surface area contributed by atoms with Gasteiger partial charge in [0.1, 0.15) is 0 Å². The summed E-state index contributed by atoms with van der Waals surface area (Å²) in [6.45, 7) is 4.23. The third-order valence-corrected chi connectivity index (χ3v) is 1.89. The number of allylic oxidation sites excluding steroid dienone is 3. The zero-order chi connectivity index (χ0) is 9.52. The molecule has 0 aliphatic heterocycles. The van der Waals surface area contributed by atoms with Crippen molar-refractivity contribution in [3.05, 3.63) is 54.1 Å². The molecule has 0 aliphatic carbocycles. The highest BCUT2D eigenvalue weighted by atomic mass is 13.9. The van der Waals surface area contributed by atoms with Crippen molar-refractivity contribution >= 4 is 6.08 Å². The summed E-state index contributed by atoms with van der Waals surface area (Å²) < 4.78 is 0. The van der Waals surface area contributed by atoms with Crippen molar-refractivity contribution in [2.24, 2.45) is 5.92 Å². The highest BCUT2D eigenvalue weighted by Crippen LogP contribution is 2.05. The van der Waals surface area contributed by atoms with Crippen LogP contribution in [-0.2, 0) is 0 Å². The molecule has 0 saturated carbocycles. The van der Waals surface area contributed by atoms with Gasteiger partial charge in [-0.2, -0.15) is 0 Å². The Balaban J connectivity index is 2.59. The maximum absolute atomic E-state index is 2.20. The summed E-state index contributed by atoms with van der Waals surface area (Å²) in [6.07, 6.45) is 8.62. The van der Waals surface area contributed by atoms with Crippen LogP contribution in [0.25, 0.3) is 6.08 Å². The molecule has 0 aromatic heterocycles. The van der Waals surface area contributed by atoms with Crippen molar-refractivity contribution in [1.82, 2.24) is 0 Å². The summed E-state index contributed by atoms with van der Waals surface area (Å²) in [7, 11) is 0. The van der Waals surface area contributed by atoms with E-state index in [-0.39, 0.29) is 0 Å². The Morgan fingerprint density at radius 3 is 2.38 bits per heavy atom. The van der Waals surface area contributed by atoms with Crippen LogP contribution in [0, 0.1) is 5.92 Å². The van der Waals surface area contributed by atoms with E-state index < -0.39 is 0 Å². The van der Waals surface area contributed by atoms with Gasteiger partial charge in [0, 0.05) is 0 Å². The molecule has 0 spiro atoms. The predicted molar refractivity (Wildman–Crippen MR) is 59.5 cm³/mol. The Hall–Kier alpha value is -1.30. The first-order chi connectivity index (χ1) is 6.33. The van der Waals surface area contributed by atoms with E-state index in [9.17, 15) is 0 Å². The standard InChI is InChI=1S/C13H16/c1-3-7-12(2)10-11-13-8-5-4-6-9-13/h3-12H,1-2H3/b7-3+,11-10+. The molecule has 1 unspecified atom stereocenters. The third-order valence-electron chi connectivity index (χ3n) is 1.89. The van der Waals surface area contributed by atoms with E-state index in [2.05, 4.69) is 55.5 Å². The first-order valence-corrected chi connectivity index (χ1v) is 4.69. The van der Waals surface area contributed by atoms with E-state index in [1.54, 1.807) is 0 Å². The molecule has 0 saturated heterocycles. The molecule has 13 heavy (non-hydrogen) atoms. The molecular formula is C13H16. The largest absolute Gasteiger partial charge is 0.0911 e. The Morgan fingerprint density at radius 1 is 1.08 bits per heavy atom. The van der Waals surface area contributed by atoms with Crippen LogP contribution in [0.1, 0.15) is 19.4 Å². The molecule has 68 valence electrons. The lowest BCUT2D eigenvalue weighted by atomic mass is 10.1. The van der Waals surface area contributed by atoms with Crippen molar-refractivity contribution in [2.75, 3.05) is 0 Å². The Kier molecular flexibility index (Phi) is 4.04. The molecule has 1 aromatic carbocycles. The van der Waals surface area contributed by atoms with Gasteiger partial charge in [-0.1, -0.05) is 61.6 Å². The van der Waals surface area contributed by atoms with Gasteiger partial charge in [0.15, 0.2) is 0 Å². The molecule has 1 atom stereocenters. The molecule has 0 fully saturated rings. The van der Waals surface area contributed by atoms with Crippen LogP contribution in [0.4, 0.5) is 0 Å². The summed E-state index contributed by atoms with van der Waals surface area (Å²) in [5, 5.41) is 0. The van der Waals surface area contributed by atoms with Crippen molar-refractivity contribution in [2.45, 2.75) is 13.8 Å². The molecule has 0 bridgehead atoms. The number of rotatable bonds is 3. The van der Waals surface area contributed by atoms with Gasteiger partial charge >= 0.3 is 0 Å². The van der Waals surface area contributed by atoms with Gasteiger partial charge in [0.25, 0.3) is 0 Å². The molecule has 0 heteroatoms. The zero-order valence-corrected chi connectivity index (χ0v) is 8.27. The van der Waals surface area contributed by atoms with E-state index in [0.29, 0.717) is 5.92 Å². The fourth-order valence-electron chi connectivity index (χ4n) is 1.19. The second kappa shape index (κ2) is 5.36. The van der Waals surface area contributed by atoms with Gasteiger partial charge < -0.3 is 0 Å². The molecular weight excluding hydrogens is 156 g/mol. The predicted octanol–water partition coefficient (Wildman–Crippen LogP) is 3.91. The first-order valence-electron chi connectivity index (χ1n) is 4.69. The lowest BCUT2D eigenvalue weighted by Crippen LogP contribution is -1.80. The van der Waals surface area contributed by atoms with E-state index in [0.717, 1.165) is 0 Å². The molecule has 0 amide bonds. The summed E-state index contributed by atoms with van der Waals surface area (Å²) in [5.74, 6) is 0.519. The maximum atomic E-state index is 2.20. The fourth-order valence-corrected chi connectivity index (χ4v) is 1.19. The van der Waals surface area contributed by atoms with Crippen molar-refractivity contribution in [3.8, 4) is 0 Å². The normalized spacial score (nSPS) is 14.0. The fraction of sp³-hybridized carbons (Fsp3) is 0.231. The van der Waals surface area contributed by atoms with Crippen LogP contribution in [0.2, 0.25) is 0 Å². The van der Waals surface area contributed by atoms with E-state index in [1.165, 1.54) is 5.56 Å². The second-order valence-corrected chi connectivity index (χ2v) is 3.15. The van der Waals surface area contributed by atoms with E-state index >= 15 is 0 Å². The smallest absolute Gasteiger partial charge is 0.00787 e. The van der Waals surface area contributed by atoms with E-state index in [4.69, 9.17) is 0 Å². The average Bonchev–Trinajstić information content (AvgIpc) is 2.17. The molecule has 1 aromatic rings. The Labute approximate surface area is 80.6 Å². The van der Waals surface area contributed by atoms with Crippen LogP contribution >= 0.6 is 0 Å². The average molecular weight is 172 g/mol. The zero-order valence-electron chi connectivity index (χ0n) is 8.27. The van der Waals surface area contributed by atoms with Gasteiger partial charge in [-0.05, 0) is 18.4 Å². The molecule has 1 rings (SSSR count). The number of benzene rings is 1. The van der Waals surface area contributed by atoms with Crippen molar-refractivity contribution in [3.63, 3.8) is 0 Å². The monoisotopic (exact) mass is 172 g/mol. The van der Waals surface area contributed by atoms with Crippen LogP contribution in [0.5, 0.6) is 0 Å². The van der Waals surface area contributed by atoms with Gasteiger partial charge in [-0.25, -0.2) is 0 Å². The lowest BCUT2D eigenvalue weighted by Gasteiger charge is -1.96. The van der Waals surface area contributed by atoms with Crippen LogP contribution in [0.15, 0.2) is 48.6 Å². The lowest BCUT2D eigenvalue weighted by molar-refractivity contribution is 0.943. The van der Waals surface area contributed by atoms with Gasteiger partial charge in [0.2, 0.25) is 0 Å². The third kappa shape index (κ3) is 3.75. The van der Waals surface area contributed by atoms with E-state index in [1.807, 2.05) is 13.0 Å². The van der Waals surface area contributed by atoms with Gasteiger partial charge in [-0.3, -0.25) is 0 Å². The maximum Gasteiger partial charge on any atom is -0.00787 e. The SMILES string of the molecule is C/C=C/C(C)/C=C/c1ccccc1. The molecule has 0 heterocycles.